The van der Waals surface area contributed by atoms with E-state index >= 15 is 0 Å². The fourth-order valence-electron chi connectivity index (χ4n) is 1.75. The van der Waals surface area contributed by atoms with Crippen LogP contribution in [0, 0.1) is 0 Å². The molecule has 0 saturated heterocycles. The molecule has 3 N–H and O–H groups in total. The number of unbranched alkanes of at least 4 members (excludes halogenated alkanes) is 1. The molecule has 0 bridgehead atoms. The van der Waals surface area contributed by atoms with Gasteiger partial charge in [-0.1, -0.05) is 25.5 Å². The van der Waals surface area contributed by atoms with Gasteiger partial charge in [0, 0.05) is 19.6 Å². The third kappa shape index (κ3) is 4.64. The van der Waals surface area contributed by atoms with Gasteiger partial charge in [0.2, 0.25) is 0 Å². The largest absolute Gasteiger partial charge is 0.508 e. The number of phenols is 1. The predicted molar refractivity (Wildman–Crippen MR) is 67.3 cm³/mol. The lowest BCUT2D eigenvalue weighted by molar-refractivity contribution is 0.268. The first-order valence-electron chi connectivity index (χ1n) is 5.96. The van der Waals surface area contributed by atoms with Gasteiger partial charge in [0.25, 0.3) is 0 Å². The van der Waals surface area contributed by atoms with E-state index in [2.05, 4.69) is 11.8 Å². The summed E-state index contributed by atoms with van der Waals surface area (Å²) >= 11 is 0. The first-order chi connectivity index (χ1) is 7.76. The van der Waals surface area contributed by atoms with Gasteiger partial charge in [0.05, 0.1) is 0 Å². The number of hydrogen-bond donors (Lipinski definition) is 2. The van der Waals surface area contributed by atoms with Crippen molar-refractivity contribution in [2.24, 2.45) is 5.73 Å². The summed E-state index contributed by atoms with van der Waals surface area (Å²) in [7, 11) is 0. The fourth-order valence-corrected chi connectivity index (χ4v) is 1.75. The number of aromatic hydroxyl groups is 1. The van der Waals surface area contributed by atoms with E-state index in [-0.39, 0.29) is 0 Å². The van der Waals surface area contributed by atoms with Crippen molar-refractivity contribution in [2.45, 2.75) is 26.3 Å². The summed E-state index contributed by atoms with van der Waals surface area (Å²) in [6.45, 7) is 5.72. The molecule has 0 atom stereocenters. The van der Waals surface area contributed by atoms with Gasteiger partial charge in [-0.2, -0.15) is 0 Å². The number of benzene rings is 1. The van der Waals surface area contributed by atoms with Crippen molar-refractivity contribution in [2.75, 3.05) is 19.6 Å². The van der Waals surface area contributed by atoms with Gasteiger partial charge < -0.3 is 10.8 Å². The van der Waals surface area contributed by atoms with Gasteiger partial charge in [-0.25, -0.2) is 0 Å². The van der Waals surface area contributed by atoms with E-state index in [9.17, 15) is 5.11 Å². The highest BCUT2D eigenvalue weighted by molar-refractivity contribution is 5.26. The van der Waals surface area contributed by atoms with Gasteiger partial charge in [-0.3, -0.25) is 4.90 Å². The van der Waals surface area contributed by atoms with Crippen molar-refractivity contribution in [3.8, 4) is 5.75 Å². The second-order valence-electron chi connectivity index (χ2n) is 4.09. The topological polar surface area (TPSA) is 49.5 Å². The van der Waals surface area contributed by atoms with Gasteiger partial charge >= 0.3 is 0 Å². The Morgan fingerprint density at radius 3 is 2.75 bits per heavy atom. The Morgan fingerprint density at radius 1 is 1.31 bits per heavy atom. The molecule has 0 unspecified atom stereocenters. The van der Waals surface area contributed by atoms with Crippen LogP contribution in [0.1, 0.15) is 25.3 Å². The summed E-state index contributed by atoms with van der Waals surface area (Å²) in [6, 6.07) is 7.43. The van der Waals surface area contributed by atoms with Crippen LogP contribution in [-0.4, -0.2) is 29.6 Å². The fraction of sp³-hybridized carbons (Fsp3) is 0.538. The van der Waals surface area contributed by atoms with E-state index in [1.807, 2.05) is 18.2 Å². The molecule has 16 heavy (non-hydrogen) atoms. The van der Waals surface area contributed by atoms with Gasteiger partial charge in [-0.15, -0.1) is 0 Å². The van der Waals surface area contributed by atoms with Crippen LogP contribution in [0.15, 0.2) is 24.3 Å². The maximum Gasteiger partial charge on any atom is 0.115 e. The SMILES string of the molecule is CCCCN(CCN)Cc1cccc(O)c1. The van der Waals surface area contributed by atoms with Crippen LogP contribution in [0.4, 0.5) is 0 Å². The van der Waals surface area contributed by atoms with Gasteiger partial charge in [-0.05, 0) is 30.7 Å². The molecule has 0 fully saturated rings. The van der Waals surface area contributed by atoms with Crippen molar-refractivity contribution in [3.63, 3.8) is 0 Å². The maximum atomic E-state index is 9.39. The molecule has 1 rings (SSSR count). The lowest BCUT2D eigenvalue weighted by Gasteiger charge is -2.21. The Bertz CT molecular complexity index is 302. The highest BCUT2D eigenvalue weighted by atomic mass is 16.3. The quantitative estimate of drug-likeness (QED) is 0.741. The summed E-state index contributed by atoms with van der Waals surface area (Å²) in [5.41, 5.74) is 6.74. The van der Waals surface area contributed by atoms with E-state index in [1.165, 1.54) is 12.8 Å². The van der Waals surface area contributed by atoms with Gasteiger partial charge in [0.1, 0.15) is 5.75 Å². The summed E-state index contributed by atoms with van der Waals surface area (Å²) in [4.78, 5) is 2.33. The van der Waals surface area contributed by atoms with Crippen LogP contribution < -0.4 is 5.73 Å². The zero-order valence-electron chi connectivity index (χ0n) is 10.0. The van der Waals surface area contributed by atoms with E-state index in [1.54, 1.807) is 6.07 Å². The predicted octanol–water partition coefficient (Wildman–Crippen LogP) is 1.95. The van der Waals surface area contributed by atoms with Crippen molar-refractivity contribution < 1.29 is 5.11 Å². The highest BCUT2D eigenvalue weighted by Crippen LogP contribution is 2.13. The van der Waals surface area contributed by atoms with Crippen LogP contribution in [-0.2, 0) is 6.54 Å². The molecule has 3 heteroatoms. The molecule has 0 heterocycles. The third-order valence-corrected chi connectivity index (χ3v) is 2.59. The highest BCUT2D eigenvalue weighted by Gasteiger charge is 2.04. The van der Waals surface area contributed by atoms with Crippen LogP contribution in [0.3, 0.4) is 0 Å². The van der Waals surface area contributed by atoms with E-state index < -0.39 is 0 Å². The summed E-state index contributed by atoms with van der Waals surface area (Å²) < 4.78 is 0. The minimum Gasteiger partial charge on any atom is -0.508 e. The standard InChI is InChI=1S/C13H22N2O/c1-2-3-8-15(9-7-14)11-12-5-4-6-13(16)10-12/h4-6,10,16H,2-3,7-9,11,14H2,1H3. The molecule has 0 amide bonds. The molecule has 0 aliphatic rings. The average molecular weight is 222 g/mol. The van der Waals surface area contributed by atoms with Crippen LogP contribution in [0.2, 0.25) is 0 Å². The Hall–Kier alpha value is -1.06. The smallest absolute Gasteiger partial charge is 0.115 e. The zero-order chi connectivity index (χ0) is 11.8. The van der Waals surface area contributed by atoms with Crippen LogP contribution >= 0.6 is 0 Å². The van der Waals surface area contributed by atoms with Crippen LogP contribution in [0.5, 0.6) is 5.75 Å². The first kappa shape index (κ1) is 13.0. The Kier molecular flexibility index (Phi) is 5.90. The van der Waals surface area contributed by atoms with E-state index in [0.29, 0.717) is 12.3 Å². The average Bonchev–Trinajstić information content (AvgIpc) is 2.26. The zero-order valence-corrected chi connectivity index (χ0v) is 10.0. The first-order valence-corrected chi connectivity index (χ1v) is 5.96. The molecule has 90 valence electrons. The third-order valence-electron chi connectivity index (χ3n) is 2.59. The molecule has 0 aliphatic carbocycles. The minimum atomic E-state index is 0.334. The Labute approximate surface area is 97.9 Å². The monoisotopic (exact) mass is 222 g/mol. The molecular weight excluding hydrogens is 200 g/mol. The van der Waals surface area contributed by atoms with Crippen molar-refractivity contribution in [3.05, 3.63) is 29.8 Å². The number of nitrogens with zero attached hydrogens (tertiary/aromatic N) is 1. The molecule has 0 saturated carbocycles. The van der Waals surface area contributed by atoms with E-state index in [0.717, 1.165) is 25.2 Å². The van der Waals surface area contributed by atoms with Gasteiger partial charge in [0.15, 0.2) is 0 Å². The number of hydrogen-bond acceptors (Lipinski definition) is 3. The second kappa shape index (κ2) is 7.25. The van der Waals surface area contributed by atoms with E-state index in [4.69, 9.17) is 5.73 Å². The summed E-state index contributed by atoms with van der Waals surface area (Å²) in [6.07, 6.45) is 2.39. The summed E-state index contributed by atoms with van der Waals surface area (Å²) in [5.74, 6) is 0.334. The lowest BCUT2D eigenvalue weighted by atomic mass is 10.2. The molecule has 0 radical (unpaired) electrons. The molecule has 3 nitrogen and oxygen atoms in total. The molecule has 1 aromatic carbocycles. The molecule has 0 aromatic heterocycles. The molecule has 0 aliphatic heterocycles. The summed E-state index contributed by atoms with van der Waals surface area (Å²) in [5, 5.41) is 9.39. The molecule has 1 aromatic rings. The number of rotatable bonds is 7. The Morgan fingerprint density at radius 2 is 2.12 bits per heavy atom. The normalized spacial score (nSPS) is 10.9. The molecule has 0 spiro atoms. The minimum absolute atomic E-state index is 0.334. The Balaban J connectivity index is 2.52. The lowest BCUT2D eigenvalue weighted by Crippen LogP contribution is -2.30. The molecular formula is C13H22N2O. The van der Waals surface area contributed by atoms with Crippen molar-refractivity contribution in [1.82, 2.24) is 4.90 Å². The maximum absolute atomic E-state index is 9.39. The second-order valence-corrected chi connectivity index (χ2v) is 4.09. The number of nitrogens with two attached hydrogens (primary N) is 1. The van der Waals surface area contributed by atoms with Crippen molar-refractivity contribution in [1.29, 1.82) is 0 Å². The van der Waals surface area contributed by atoms with Crippen molar-refractivity contribution >= 4 is 0 Å². The van der Waals surface area contributed by atoms with Crippen LogP contribution in [0.25, 0.3) is 0 Å². The number of phenolic OH excluding ortho intramolecular Hbond substituents is 1.